The normalized spacial score (nSPS) is 24.4. The Kier molecular flexibility index (Phi) is 6.53. The monoisotopic (exact) mass is 238 g/mol. The van der Waals surface area contributed by atoms with Crippen LogP contribution < -0.4 is 0 Å². The van der Waals surface area contributed by atoms with Crippen LogP contribution >= 0.6 is 0 Å². The van der Waals surface area contributed by atoms with Gasteiger partial charge in [0.15, 0.2) is 0 Å². The van der Waals surface area contributed by atoms with E-state index in [4.69, 9.17) is 9.47 Å². The summed E-state index contributed by atoms with van der Waals surface area (Å²) >= 11 is 0. The molecule has 1 aliphatic heterocycles. The standard InChI is InChI=1S/C15H26O2/c1-12(2)6-5-7-13(3)8-9-16-11-15-14(4)10-17-15/h6,8,14-15H,5,7,9-11H2,1-4H3. The quantitative estimate of drug-likeness (QED) is 0.497. The van der Waals surface area contributed by atoms with Gasteiger partial charge in [0.25, 0.3) is 0 Å². The Bertz CT molecular complexity index is 275. The van der Waals surface area contributed by atoms with E-state index in [2.05, 4.69) is 39.8 Å². The molecular formula is C15H26O2. The zero-order valence-corrected chi connectivity index (χ0v) is 11.7. The largest absolute Gasteiger partial charge is 0.375 e. The molecule has 0 N–H and O–H groups in total. The van der Waals surface area contributed by atoms with Crippen LogP contribution in [0, 0.1) is 5.92 Å². The molecule has 2 heteroatoms. The number of ether oxygens (including phenoxy) is 2. The van der Waals surface area contributed by atoms with Crippen molar-refractivity contribution in [3.05, 3.63) is 23.3 Å². The summed E-state index contributed by atoms with van der Waals surface area (Å²) in [5, 5.41) is 0. The Hall–Kier alpha value is -0.600. The molecule has 98 valence electrons. The summed E-state index contributed by atoms with van der Waals surface area (Å²) in [6.45, 7) is 11.0. The molecule has 0 aliphatic carbocycles. The average Bonchev–Trinajstić information content (AvgIpc) is 2.26. The maximum Gasteiger partial charge on any atom is 0.0856 e. The molecule has 0 radical (unpaired) electrons. The predicted molar refractivity (Wildman–Crippen MR) is 72.1 cm³/mol. The van der Waals surface area contributed by atoms with Gasteiger partial charge in [-0.2, -0.15) is 0 Å². The first-order valence-electron chi connectivity index (χ1n) is 6.58. The van der Waals surface area contributed by atoms with E-state index < -0.39 is 0 Å². The van der Waals surface area contributed by atoms with Gasteiger partial charge in [0, 0.05) is 5.92 Å². The molecule has 0 spiro atoms. The molecule has 17 heavy (non-hydrogen) atoms. The van der Waals surface area contributed by atoms with Crippen molar-refractivity contribution in [1.82, 2.24) is 0 Å². The zero-order valence-electron chi connectivity index (χ0n) is 11.7. The van der Waals surface area contributed by atoms with Crippen molar-refractivity contribution in [3.63, 3.8) is 0 Å². The molecule has 2 nitrogen and oxygen atoms in total. The molecule has 1 saturated heterocycles. The molecule has 2 unspecified atom stereocenters. The number of rotatable bonds is 7. The minimum absolute atomic E-state index is 0.328. The summed E-state index contributed by atoms with van der Waals surface area (Å²) < 4.78 is 11.0. The summed E-state index contributed by atoms with van der Waals surface area (Å²) in [6.07, 6.45) is 7.05. The Balaban J connectivity index is 2.04. The molecule has 0 aromatic heterocycles. The number of hydrogen-bond acceptors (Lipinski definition) is 2. The highest BCUT2D eigenvalue weighted by atomic mass is 16.5. The van der Waals surface area contributed by atoms with Gasteiger partial charge in [0.1, 0.15) is 0 Å². The molecule has 0 amide bonds. The van der Waals surface area contributed by atoms with Crippen LogP contribution in [-0.2, 0) is 9.47 Å². The second-order valence-electron chi connectivity index (χ2n) is 5.26. The lowest BCUT2D eigenvalue weighted by molar-refractivity contribution is -0.136. The van der Waals surface area contributed by atoms with Crippen LogP contribution in [0.25, 0.3) is 0 Å². The van der Waals surface area contributed by atoms with Gasteiger partial charge < -0.3 is 9.47 Å². The fourth-order valence-electron chi connectivity index (χ4n) is 1.71. The summed E-state index contributed by atoms with van der Waals surface area (Å²) in [5.74, 6) is 0.665. The van der Waals surface area contributed by atoms with Gasteiger partial charge in [-0.05, 0) is 33.6 Å². The molecule has 1 aliphatic rings. The molecule has 0 saturated carbocycles. The average molecular weight is 238 g/mol. The van der Waals surface area contributed by atoms with Crippen LogP contribution in [0.2, 0.25) is 0 Å². The maximum absolute atomic E-state index is 5.59. The minimum Gasteiger partial charge on any atom is -0.375 e. The van der Waals surface area contributed by atoms with Crippen LogP contribution in [0.1, 0.15) is 40.5 Å². The van der Waals surface area contributed by atoms with Crippen LogP contribution in [-0.4, -0.2) is 25.9 Å². The lowest BCUT2D eigenvalue weighted by atomic mass is 10.0. The molecule has 2 atom stereocenters. The van der Waals surface area contributed by atoms with E-state index in [9.17, 15) is 0 Å². The van der Waals surface area contributed by atoms with Gasteiger partial charge in [0.2, 0.25) is 0 Å². The van der Waals surface area contributed by atoms with Crippen molar-refractivity contribution in [2.75, 3.05) is 19.8 Å². The van der Waals surface area contributed by atoms with Crippen molar-refractivity contribution in [3.8, 4) is 0 Å². The minimum atomic E-state index is 0.328. The molecule has 0 aromatic rings. The topological polar surface area (TPSA) is 18.5 Å². The van der Waals surface area contributed by atoms with Gasteiger partial charge in [-0.1, -0.05) is 30.2 Å². The van der Waals surface area contributed by atoms with E-state index in [-0.39, 0.29) is 0 Å². The van der Waals surface area contributed by atoms with Crippen molar-refractivity contribution in [1.29, 1.82) is 0 Å². The van der Waals surface area contributed by atoms with E-state index in [0.717, 1.165) is 26.1 Å². The van der Waals surface area contributed by atoms with Crippen molar-refractivity contribution >= 4 is 0 Å². The first kappa shape index (κ1) is 14.5. The van der Waals surface area contributed by atoms with E-state index in [1.165, 1.54) is 11.1 Å². The Morgan fingerprint density at radius 3 is 2.59 bits per heavy atom. The molecule has 0 aromatic carbocycles. The molecule has 0 bridgehead atoms. The first-order valence-corrected chi connectivity index (χ1v) is 6.58. The van der Waals surface area contributed by atoms with Crippen LogP contribution in [0.15, 0.2) is 23.3 Å². The fourth-order valence-corrected chi connectivity index (χ4v) is 1.71. The SMILES string of the molecule is CC(C)=CCCC(C)=CCOCC1OCC1C. The van der Waals surface area contributed by atoms with Gasteiger partial charge in [0.05, 0.1) is 25.9 Å². The van der Waals surface area contributed by atoms with Gasteiger partial charge in [-0.25, -0.2) is 0 Å². The molecular weight excluding hydrogens is 212 g/mol. The lowest BCUT2D eigenvalue weighted by Gasteiger charge is -2.33. The summed E-state index contributed by atoms with van der Waals surface area (Å²) in [7, 11) is 0. The zero-order chi connectivity index (χ0) is 12.7. The summed E-state index contributed by atoms with van der Waals surface area (Å²) in [6, 6.07) is 0. The van der Waals surface area contributed by atoms with Crippen LogP contribution in [0.5, 0.6) is 0 Å². The third kappa shape index (κ3) is 6.04. The van der Waals surface area contributed by atoms with Crippen molar-refractivity contribution in [2.45, 2.75) is 46.6 Å². The van der Waals surface area contributed by atoms with Crippen LogP contribution in [0.3, 0.4) is 0 Å². The van der Waals surface area contributed by atoms with E-state index in [1.54, 1.807) is 0 Å². The maximum atomic E-state index is 5.59. The predicted octanol–water partition coefficient (Wildman–Crippen LogP) is 3.73. The highest BCUT2D eigenvalue weighted by Crippen LogP contribution is 2.19. The Morgan fingerprint density at radius 2 is 2.06 bits per heavy atom. The smallest absolute Gasteiger partial charge is 0.0856 e. The first-order chi connectivity index (χ1) is 8.09. The van der Waals surface area contributed by atoms with Gasteiger partial charge in [-0.3, -0.25) is 0 Å². The lowest BCUT2D eigenvalue weighted by Crippen LogP contribution is -2.41. The summed E-state index contributed by atoms with van der Waals surface area (Å²) in [4.78, 5) is 0. The van der Waals surface area contributed by atoms with Crippen molar-refractivity contribution < 1.29 is 9.47 Å². The fraction of sp³-hybridized carbons (Fsp3) is 0.733. The molecule has 1 heterocycles. The van der Waals surface area contributed by atoms with Crippen LogP contribution in [0.4, 0.5) is 0 Å². The van der Waals surface area contributed by atoms with Gasteiger partial charge in [-0.15, -0.1) is 0 Å². The van der Waals surface area contributed by atoms with Crippen molar-refractivity contribution in [2.24, 2.45) is 5.92 Å². The number of hydrogen-bond donors (Lipinski definition) is 0. The van der Waals surface area contributed by atoms with E-state index in [0.29, 0.717) is 18.6 Å². The summed E-state index contributed by atoms with van der Waals surface area (Å²) in [5.41, 5.74) is 2.80. The second-order valence-corrected chi connectivity index (χ2v) is 5.26. The third-order valence-electron chi connectivity index (χ3n) is 3.13. The number of allylic oxidation sites excluding steroid dienone is 3. The molecule has 1 fully saturated rings. The highest BCUT2D eigenvalue weighted by Gasteiger charge is 2.27. The Labute approximate surface area is 106 Å². The second kappa shape index (κ2) is 7.67. The highest BCUT2D eigenvalue weighted by molar-refractivity contribution is 5.02. The Morgan fingerprint density at radius 1 is 1.29 bits per heavy atom. The van der Waals surface area contributed by atoms with E-state index in [1.807, 2.05) is 0 Å². The van der Waals surface area contributed by atoms with Gasteiger partial charge >= 0.3 is 0 Å². The molecule has 1 rings (SSSR count). The third-order valence-corrected chi connectivity index (χ3v) is 3.13. The van der Waals surface area contributed by atoms with E-state index >= 15 is 0 Å².